The molecule has 0 aliphatic carbocycles. The molecule has 2 rings (SSSR count). The molecule has 1 heterocycles. The van der Waals surface area contributed by atoms with Gasteiger partial charge in [0.25, 0.3) is 0 Å². The van der Waals surface area contributed by atoms with E-state index in [1.807, 2.05) is 6.08 Å². The van der Waals surface area contributed by atoms with Crippen molar-refractivity contribution in [2.45, 2.75) is 25.3 Å². The van der Waals surface area contributed by atoms with Gasteiger partial charge in [-0.3, -0.25) is 0 Å². The highest BCUT2D eigenvalue weighted by molar-refractivity contribution is 5.54. The molecule has 0 radical (unpaired) electrons. The Balaban J connectivity index is 2.07. The van der Waals surface area contributed by atoms with E-state index < -0.39 is 0 Å². The molecule has 1 nitrogen and oxygen atoms in total. The van der Waals surface area contributed by atoms with Crippen molar-refractivity contribution in [1.29, 1.82) is 0 Å². The summed E-state index contributed by atoms with van der Waals surface area (Å²) in [5.41, 5.74) is 2.85. The van der Waals surface area contributed by atoms with Crippen molar-refractivity contribution in [3.8, 4) is 0 Å². The van der Waals surface area contributed by atoms with Crippen LogP contribution in [0, 0.1) is 0 Å². The lowest BCUT2D eigenvalue weighted by atomic mass is 10.0. The van der Waals surface area contributed by atoms with Gasteiger partial charge in [-0.2, -0.15) is 0 Å². The zero-order valence-electron chi connectivity index (χ0n) is 9.65. The molecule has 0 bridgehead atoms. The molecule has 16 heavy (non-hydrogen) atoms. The van der Waals surface area contributed by atoms with Crippen LogP contribution in [0.4, 0.5) is 0 Å². The Bertz CT molecular complexity index is 364. The van der Waals surface area contributed by atoms with Gasteiger partial charge in [0.05, 0.1) is 0 Å². The molecule has 1 aromatic rings. The highest BCUT2D eigenvalue weighted by Crippen LogP contribution is 2.21. The molecule has 1 fully saturated rings. The Morgan fingerprint density at radius 1 is 1.31 bits per heavy atom. The van der Waals surface area contributed by atoms with E-state index in [4.69, 9.17) is 0 Å². The van der Waals surface area contributed by atoms with Gasteiger partial charge in [0.2, 0.25) is 0 Å². The van der Waals surface area contributed by atoms with Crippen molar-refractivity contribution in [2.75, 3.05) is 6.54 Å². The van der Waals surface area contributed by atoms with Gasteiger partial charge in [-0.25, -0.2) is 0 Å². The first-order chi connectivity index (χ1) is 7.90. The van der Waals surface area contributed by atoms with E-state index >= 15 is 0 Å². The molecule has 1 aliphatic rings. The molecular formula is C15H19N. The lowest BCUT2D eigenvalue weighted by molar-refractivity contribution is 0.621. The smallest absolute Gasteiger partial charge is 0.0286 e. The second kappa shape index (κ2) is 5.66. The van der Waals surface area contributed by atoms with Crippen LogP contribution >= 0.6 is 0 Å². The fraction of sp³-hybridized carbons (Fsp3) is 0.333. The number of benzene rings is 1. The maximum Gasteiger partial charge on any atom is 0.0286 e. The van der Waals surface area contributed by atoms with Gasteiger partial charge in [0, 0.05) is 6.04 Å². The number of hydrogen-bond donors (Lipinski definition) is 1. The van der Waals surface area contributed by atoms with Crippen molar-refractivity contribution < 1.29 is 0 Å². The minimum Gasteiger partial charge on any atom is -0.310 e. The minimum absolute atomic E-state index is 0.554. The fourth-order valence-corrected chi connectivity index (χ4v) is 2.20. The van der Waals surface area contributed by atoms with Crippen LogP contribution in [0.15, 0.2) is 48.6 Å². The lowest BCUT2D eigenvalue weighted by Crippen LogP contribution is -2.22. The van der Waals surface area contributed by atoms with Crippen LogP contribution in [0.1, 0.15) is 24.8 Å². The van der Waals surface area contributed by atoms with Gasteiger partial charge in [0.15, 0.2) is 0 Å². The van der Waals surface area contributed by atoms with E-state index in [1.54, 1.807) is 0 Å². The molecule has 1 aliphatic heterocycles. The Labute approximate surface area is 97.9 Å². The highest BCUT2D eigenvalue weighted by Gasteiger charge is 2.18. The second-order valence-corrected chi connectivity index (χ2v) is 4.25. The predicted octanol–water partition coefficient (Wildman–Crippen LogP) is 3.40. The Morgan fingerprint density at radius 3 is 2.88 bits per heavy atom. The maximum absolute atomic E-state index is 3.78. The molecule has 0 aromatic heterocycles. The third-order valence-corrected chi connectivity index (χ3v) is 3.06. The largest absolute Gasteiger partial charge is 0.310 e. The molecule has 84 valence electrons. The van der Waals surface area contributed by atoms with Crippen molar-refractivity contribution in [1.82, 2.24) is 5.32 Å². The van der Waals surface area contributed by atoms with E-state index in [-0.39, 0.29) is 0 Å². The van der Waals surface area contributed by atoms with Crippen LogP contribution in [0.25, 0.3) is 6.08 Å². The number of rotatable bonds is 4. The predicted molar refractivity (Wildman–Crippen MR) is 70.3 cm³/mol. The molecule has 0 spiro atoms. The maximum atomic E-state index is 3.78. The molecule has 0 amide bonds. The fourth-order valence-electron chi connectivity index (χ4n) is 2.20. The monoisotopic (exact) mass is 213 g/mol. The van der Waals surface area contributed by atoms with E-state index in [0.29, 0.717) is 6.04 Å². The summed E-state index contributed by atoms with van der Waals surface area (Å²) in [5, 5.41) is 3.55. The average molecular weight is 213 g/mol. The van der Waals surface area contributed by atoms with Crippen molar-refractivity contribution in [3.63, 3.8) is 0 Å². The van der Waals surface area contributed by atoms with Crippen molar-refractivity contribution in [3.05, 3.63) is 54.1 Å². The normalized spacial score (nSPS) is 22.5. The first-order valence-electron chi connectivity index (χ1n) is 6.00. The van der Waals surface area contributed by atoms with Gasteiger partial charge in [-0.05, 0) is 31.4 Å². The molecule has 0 saturated carbocycles. The number of hydrogen-bond acceptors (Lipinski definition) is 1. The molecular weight excluding hydrogens is 194 g/mol. The van der Waals surface area contributed by atoms with Crippen LogP contribution in [-0.4, -0.2) is 12.6 Å². The summed E-state index contributed by atoms with van der Waals surface area (Å²) < 4.78 is 0. The van der Waals surface area contributed by atoms with Gasteiger partial charge >= 0.3 is 0 Å². The quantitative estimate of drug-likeness (QED) is 0.756. The van der Waals surface area contributed by atoms with E-state index in [9.17, 15) is 0 Å². The van der Waals surface area contributed by atoms with E-state index in [2.05, 4.69) is 48.3 Å². The summed E-state index contributed by atoms with van der Waals surface area (Å²) in [6.45, 7) is 4.90. The zero-order valence-corrected chi connectivity index (χ0v) is 9.65. The van der Waals surface area contributed by atoms with Gasteiger partial charge in [-0.15, -0.1) is 6.58 Å². The molecule has 1 N–H and O–H groups in total. The third-order valence-electron chi connectivity index (χ3n) is 3.06. The standard InChI is InChI=1S/C15H19N/c1-2-3-9-15-14(10-11-16-15)12-13-7-5-4-6-8-13/h2,4-8,12,15-16H,1,3,9-11H2/b14-12+. The molecule has 1 unspecified atom stereocenters. The van der Waals surface area contributed by atoms with Crippen LogP contribution in [-0.2, 0) is 0 Å². The van der Waals surface area contributed by atoms with E-state index in [1.165, 1.54) is 24.0 Å². The number of allylic oxidation sites excluding steroid dienone is 1. The minimum atomic E-state index is 0.554. The summed E-state index contributed by atoms with van der Waals surface area (Å²) in [6.07, 6.45) is 7.76. The molecule has 1 saturated heterocycles. The van der Waals surface area contributed by atoms with Crippen LogP contribution in [0.3, 0.4) is 0 Å². The van der Waals surface area contributed by atoms with E-state index in [0.717, 1.165) is 13.0 Å². The summed E-state index contributed by atoms with van der Waals surface area (Å²) in [5.74, 6) is 0. The van der Waals surface area contributed by atoms with Crippen LogP contribution in [0.5, 0.6) is 0 Å². The zero-order chi connectivity index (χ0) is 11.2. The molecule has 1 heteroatoms. The SMILES string of the molecule is C=CCCC1NCC/C1=C\c1ccccc1. The van der Waals surface area contributed by atoms with Crippen LogP contribution in [0.2, 0.25) is 0 Å². The highest BCUT2D eigenvalue weighted by atomic mass is 14.9. The second-order valence-electron chi connectivity index (χ2n) is 4.25. The summed E-state index contributed by atoms with van der Waals surface area (Å²) in [7, 11) is 0. The summed E-state index contributed by atoms with van der Waals surface area (Å²) in [6, 6.07) is 11.1. The average Bonchev–Trinajstić information content (AvgIpc) is 2.75. The topological polar surface area (TPSA) is 12.0 Å². The Morgan fingerprint density at radius 2 is 2.12 bits per heavy atom. The van der Waals surface area contributed by atoms with Crippen LogP contribution < -0.4 is 5.32 Å². The Hall–Kier alpha value is -1.34. The van der Waals surface area contributed by atoms with Gasteiger partial charge in [-0.1, -0.05) is 48.1 Å². The third kappa shape index (κ3) is 2.83. The summed E-state index contributed by atoms with van der Waals surface area (Å²) in [4.78, 5) is 0. The number of nitrogens with one attached hydrogen (secondary N) is 1. The van der Waals surface area contributed by atoms with Crippen molar-refractivity contribution >= 4 is 6.08 Å². The van der Waals surface area contributed by atoms with Gasteiger partial charge in [0.1, 0.15) is 0 Å². The first-order valence-corrected chi connectivity index (χ1v) is 6.00. The van der Waals surface area contributed by atoms with Crippen molar-refractivity contribution in [2.24, 2.45) is 0 Å². The Kier molecular flexibility index (Phi) is 3.95. The first kappa shape index (κ1) is 11.2. The van der Waals surface area contributed by atoms with Gasteiger partial charge < -0.3 is 5.32 Å². The lowest BCUT2D eigenvalue weighted by Gasteiger charge is -2.11. The molecule has 1 atom stereocenters. The molecule has 1 aromatic carbocycles. The summed E-state index contributed by atoms with van der Waals surface area (Å²) >= 11 is 0.